The van der Waals surface area contributed by atoms with E-state index in [1.165, 1.54) is 0 Å². The van der Waals surface area contributed by atoms with Crippen LogP contribution in [0, 0.1) is 20.8 Å². The molecule has 0 aliphatic carbocycles. The van der Waals surface area contributed by atoms with Gasteiger partial charge in [0.1, 0.15) is 0 Å². The van der Waals surface area contributed by atoms with E-state index >= 15 is 0 Å². The lowest BCUT2D eigenvalue weighted by Crippen LogP contribution is -2.33. The minimum absolute atomic E-state index is 0.0116. The maximum atomic E-state index is 13.4. The first kappa shape index (κ1) is 22.5. The number of rotatable bonds is 3. The van der Waals surface area contributed by atoms with Crippen molar-refractivity contribution >= 4 is 16.9 Å². The van der Waals surface area contributed by atoms with Crippen molar-refractivity contribution in [3.63, 3.8) is 0 Å². The summed E-state index contributed by atoms with van der Waals surface area (Å²) in [4.78, 5) is 36.9. The van der Waals surface area contributed by atoms with Crippen molar-refractivity contribution in [3.05, 3.63) is 98.8 Å². The Labute approximate surface area is 193 Å². The molecule has 4 rings (SSSR count). The third kappa shape index (κ3) is 4.31. The van der Waals surface area contributed by atoms with Crippen molar-refractivity contribution in [1.82, 2.24) is 9.71 Å². The Balaban J connectivity index is 1.87. The first-order valence-corrected chi connectivity index (χ1v) is 11.0. The number of hydrogen-bond donors (Lipinski definition) is 0. The Morgan fingerprint density at radius 1 is 0.879 bits per heavy atom. The van der Waals surface area contributed by atoms with Crippen LogP contribution in [-0.4, -0.2) is 15.7 Å². The van der Waals surface area contributed by atoms with Gasteiger partial charge in [0.15, 0.2) is 5.82 Å². The highest BCUT2D eigenvalue weighted by Gasteiger charge is 2.20. The second kappa shape index (κ2) is 8.32. The summed E-state index contributed by atoms with van der Waals surface area (Å²) in [6.45, 7) is 12.2. The van der Waals surface area contributed by atoms with Crippen LogP contribution in [0.2, 0.25) is 0 Å². The molecule has 4 aromatic rings. The van der Waals surface area contributed by atoms with Crippen LogP contribution in [0.4, 0.5) is 0 Å². The molecule has 0 aliphatic rings. The third-order valence-electron chi connectivity index (χ3n) is 5.98. The molecule has 0 atom stereocenters. The van der Waals surface area contributed by atoms with Gasteiger partial charge < -0.3 is 4.84 Å². The lowest BCUT2D eigenvalue weighted by Gasteiger charge is -2.19. The molecule has 0 saturated heterocycles. The van der Waals surface area contributed by atoms with Crippen LogP contribution < -0.4 is 10.4 Å². The fraction of sp³-hybridized carbons (Fsp3) is 0.250. The molecule has 0 radical (unpaired) electrons. The van der Waals surface area contributed by atoms with Gasteiger partial charge in [-0.3, -0.25) is 4.79 Å². The molecule has 0 amide bonds. The van der Waals surface area contributed by atoms with Crippen molar-refractivity contribution < 1.29 is 9.63 Å². The second-order valence-corrected chi connectivity index (χ2v) is 9.51. The van der Waals surface area contributed by atoms with Gasteiger partial charge in [0.2, 0.25) is 0 Å². The summed E-state index contributed by atoms with van der Waals surface area (Å²) in [6, 6.07) is 18.6. The molecule has 0 saturated carbocycles. The maximum Gasteiger partial charge on any atom is 0.364 e. The minimum atomic E-state index is -0.595. The number of fused-ring (bicyclic) bond motifs is 1. The van der Waals surface area contributed by atoms with Crippen molar-refractivity contribution in [2.75, 3.05) is 0 Å². The molecule has 5 nitrogen and oxygen atoms in total. The maximum absolute atomic E-state index is 13.4. The van der Waals surface area contributed by atoms with Crippen molar-refractivity contribution in [1.29, 1.82) is 0 Å². The summed E-state index contributed by atoms with van der Waals surface area (Å²) in [5, 5.41) is 0.386. The van der Waals surface area contributed by atoms with Gasteiger partial charge in [-0.2, -0.15) is 0 Å². The molecule has 168 valence electrons. The fourth-order valence-corrected chi connectivity index (χ4v) is 3.82. The van der Waals surface area contributed by atoms with E-state index in [2.05, 4.69) is 25.8 Å². The van der Waals surface area contributed by atoms with Gasteiger partial charge in [-0.15, -0.1) is 4.73 Å². The number of aryl methyl sites for hydroxylation is 3. The minimum Gasteiger partial charge on any atom is -0.326 e. The molecule has 0 fully saturated rings. The summed E-state index contributed by atoms with van der Waals surface area (Å²) in [5.74, 6) is -0.309. The van der Waals surface area contributed by atoms with E-state index in [-0.39, 0.29) is 11.2 Å². The van der Waals surface area contributed by atoms with Crippen molar-refractivity contribution in [3.8, 4) is 11.4 Å². The molecule has 5 heteroatoms. The quantitative estimate of drug-likeness (QED) is 0.419. The summed E-state index contributed by atoms with van der Waals surface area (Å²) < 4.78 is 1.02. The SMILES string of the molecule is Cc1cc(C)c(C(=O)On2c(-c3ccc(C(C)(C)C)cc3)nc3ccccc3c2=O)cc1C. The van der Waals surface area contributed by atoms with E-state index in [4.69, 9.17) is 4.84 Å². The van der Waals surface area contributed by atoms with E-state index in [1.54, 1.807) is 24.3 Å². The van der Waals surface area contributed by atoms with Gasteiger partial charge in [-0.05, 0) is 66.6 Å². The van der Waals surface area contributed by atoms with E-state index < -0.39 is 11.5 Å². The topological polar surface area (TPSA) is 61.2 Å². The highest BCUT2D eigenvalue weighted by atomic mass is 16.7. The van der Waals surface area contributed by atoms with Crippen LogP contribution in [0.1, 0.15) is 53.4 Å². The smallest absolute Gasteiger partial charge is 0.326 e. The largest absolute Gasteiger partial charge is 0.364 e. The van der Waals surface area contributed by atoms with Crippen LogP contribution in [0.15, 0.2) is 65.5 Å². The Bertz CT molecular complexity index is 1420. The van der Waals surface area contributed by atoms with E-state index in [0.717, 1.165) is 27.0 Å². The van der Waals surface area contributed by atoms with Crippen molar-refractivity contribution in [2.24, 2.45) is 0 Å². The number of aromatic nitrogens is 2. The summed E-state index contributed by atoms with van der Waals surface area (Å²) in [5.41, 5.74) is 5.25. The average molecular weight is 441 g/mol. The zero-order valence-electron chi connectivity index (χ0n) is 19.9. The zero-order valence-corrected chi connectivity index (χ0v) is 19.9. The highest BCUT2D eigenvalue weighted by Crippen LogP contribution is 2.26. The Kier molecular flexibility index (Phi) is 5.66. The molecular formula is C28H28N2O3. The number of nitrogens with zero attached hydrogens (tertiary/aromatic N) is 2. The number of carbonyl (C=O) groups excluding carboxylic acids is 1. The monoisotopic (exact) mass is 440 g/mol. The third-order valence-corrected chi connectivity index (χ3v) is 5.98. The van der Waals surface area contributed by atoms with E-state index in [9.17, 15) is 9.59 Å². The molecule has 33 heavy (non-hydrogen) atoms. The molecule has 0 N–H and O–H groups in total. The van der Waals surface area contributed by atoms with Crippen molar-refractivity contribution in [2.45, 2.75) is 47.0 Å². The standard InChI is InChI=1S/C28H28N2O3/c1-17-15-19(3)23(16-18(17)2)27(32)33-30-25(20-11-13-21(14-12-20)28(4,5)6)29-24-10-8-7-9-22(24)26(30)31/h7-16H,1-6H3. The van der Waals surface area contributed by atoms with Gasteiger partial charge >= 0.3 is 5.97 Å². The lowest BCUT2D eigenvalue weighted by atomic mass is 9.86. The van der Waals surface area contributed by atoms with Gasteiger partial charge in [0.25, 0.3) is 5.56 Å². The Morgan fingerprint density at radius 2 is 1.52 bits per heavy atom. The molecule has 0 unspecified atom stereocenters. The lowest BCUT2D eigenvalue weighted by molar-refractivity contribution is 0.0448. The van der Waals surface area contributed by atoms with Crippen LogP contribution in [0.5, 0.6) is 0 Å². The van der Waals surface area contributed by atoms with Gasteiger partial charge in [-0.1, -0.05) is 63.2 Å². The molecule has 1 aromatic heterocycles. The summed E-state index contributed by atoms with van der Waals surface area (Å²) in [6.07, 6.45) is 0. The molecule has 0 aliphatic heterocycles. The fourth-order valence-electron chi connectivity index (χ4n) is 3.82. The normalized spacial score (nSPS) is 11.6. The van der Waals surface area contributed by atoms with E-state index in [1.807, 2.05) is 57.2 Å². The van der Waals surface area contributed by atoms with Gasteiger partial charge in [0.05, 0.1) is 16.5 Å². The van der Waals surface area contributed by atoms with Crippen LogP contribution in [0.25, 0.3) is 22.3 Å². The number of benzene rings is 3. The van der Waals surface area contributed by atoms with Crippen LogP contribution in [0.3, 0.4) is 0 Å². The molecule has 1 heterocycles. The molecule has 0 spiro atoms. The Morgan fingerprint density at radius 3 is 2.18 bits per heavy atom. The first-order valence-electron chi connectivity index (χ1n) is 11.0. The van der Waals surface area contributed by atoms with Gasteiger partial charge in [0, 0.05) is 5.56 Å². The number of hydrogen-bond acceptors (Lipinski definition) is 4. The van der Waals surface area contributed by atoms with E-state index in [0.29, 0.717) is 22.0 Å². The number of para-hydroxylation sites is 1. The summed E-state index contributed by atoms with van der Waals surface area (Å²) in [7, 11) is 0. The van der Waals surface area contributed by atoms with Crippen LogP contribution in [-0.2, 0) is 5.41 Å². The molecule has 0 bridgehead atoms. The number of carbonyl (C=O) groups is 1. The second-order valence-electron chi connectivity index (χ2n) is 9.51. The molecule has 3 aromatic carbocycles. The Hall–Kier alpha value is -3.73. The van der Waals surface area contributed by atoms with Crippen LogP contribution >= 0.6 is 0 Å². The summed E-state index contributed by atoms with van der Waals surface area (Å²) >= 11 is 0. The first-order chi connectivity index (χ1) is 15.6. The van der Waals surface area contributed by atoms with Gasteiger partial charge in [-0.25, -0.2) is 9.78 Å². The highest BCUT2D eigenvalue weighted by molar-refractivity contribution is 5.92. The predicted octanol–water partition coefficient (Wildman–Crippen LogP) is 5.56. The molecular weight excluding hydrogens is 412 g/mol. The zero-order chi connectivity index (χ0) is 23.9. The predicted molar refractivity (Wildman–Crippen MR) is 132 cm³/mol. The average Bonchev–Trinajstić information content (AvgIpc) is 2.77.